The minimum absolute atomic E-state index is 0.274. The molecule has 2 aromatic heterocycles. The Morgan fingerprint density at radius 2 is 1.81 bits per heavy atom. The maximum absolute atomic E-state index is 13.1. The normalized spacial score (nSPS) is 10.8. The minimum Gasteiger partial charge on any atom is -0.463 e. The first-order chi connectivity index (χ1) is 12.6. The highest BCUT2D eigenvalue weighted by Crippen LogP contribution is 2.30. The Morgan fingerprint density at radius 1 is 1.04 bits per heavy atom. The van der Waals surface area contributed by atoms with Crippen LogP contribution in [0.1, 0.15) is 15.9 Å². The molecule has 2 heterocycles. The predicted molar refractivity (Wildman–Crippen MR) is 95.5 cm³/mol. The highest BCUT2D eigenvalue weighted by atomic mass is 19.1. The number of benzene rings is 2. The van der Waals surface area contributed by atoms with Crippen molar-refractivity contribution in [3.05, 3.63) is 83.9 Å². The van der Waals surface area contributed by atoms with Gasteiger partial charge in [0.2, 0.25) is 0 Å². The summed E-state index contributed by atoms with van der Waals surface area (Å²) in [7, 11) is 0. The molecule has 0 N–H and O–H groups in total. The van der Waals surface area contributed by atoms with Crippen molar-refractivity contribution in [1.29, 1.82) is 0 Å². The van der Waals surface area contributed by atoms with Crippen LogP contribution in [0.15, 0.2) is 71.3 Å². The molecule has 26 heavy (non-hydrogen) atoms. The average Bonchev–Trinajstić information content (AvgIpc) is 3.17. The number of furan rings is 1. The van der Waals surface area contributed by atoms with Gasteiger partial charge in [-0.25, -0.2) is 14.2 Å². The summed E-state index contributed by atoms with van der Waals surface area (Å²) in [5.74, 6) is -0.0729. The van der Waals surface area contributed by atoms with Gasteiger partial charge in [0.1, 0.15) is 17.3 Å². The molecule has 0 saturated carbocycles. The summed E-state index contributed by atoms with van der Waals surface area (Å²) in [5, 5.41) is 0.687. The second kappa shape index (κ2) is 6.44. The molecule has 2 aromatic carbocycles. The summed E-state index contributed by atoms with van der Waals surface area (Å²) in [6, 6.07) is 16.2. The molecule has 0 aliphatic carbocycles. The number of halogens is 1. The first kappa shape index (κ1) is 16.0. The van der Waals surface area contributed by atoms with Crippen molar-refractivity contribution >= 4 is 16.9 Å². The van der Waals surface area contributed by atoms with Crippen molar-refractivity contribution < 1.29 is 18.3 Å². The second-order valence-corrected chi connectivity index (χ2v) is 5.80. The van der Waals surface area contributed by atoms with E-state index in [1.807, 2.05) is 24.3 Å². The van der Waals surface area contributed by atoms with Crippen molar-refractivity contribution in [2.45, 2.75) is 6.92 Å². The number of para-hydroxylation sites is 1. The van der Waals surface area contributed by atoms with Crippen LogP contribution in [0.2, 0.25) is 0 Å². The first-order valence-corrected chi connectivity index (χ1v) is 8.04. The standard InChI is InChI=1S/C21H14FNO3/c1-13-19(21(24)26-15-10-8-14(22)9-11-15)16-5-2-3-6-17(16)23-20(13)18-7-4-12-25-18/h2-12H,1H3. The van der Waals surface area contributed by atoms with Crippen molar-refractivity contribution in [1.82, 2.24) is 4.98 Å². The number of carbonyl (C=O) groups excluding carboxylic acids is 1. The lowest BCUT2D eigenvalue weighted by atomic mass is 10.0. The van der Waals surface area contributed by atoms with Crippen LogP contribution in [0.3, 0.4) is 0 Å². The minimum atomic E-state index is -0.527. The lowest BCUT2D eigenvalue weighted by Crippen LogP contribution is -2.12. The molecule has 4 aromatic rings. The fraction of sp³-hybridized carbons (Fsp3) is 0.0476. The predicted octanol–water partition coefficient (Wildman–Crippen LogP) is 5.16. The van der Waals surface area contributed by atoms with Crippen LogP contribution in [0.25, 0.3) is 22.4 Å². The molecular weight excluding hydrogens is 333 g/mol. The maximum Gasteiger partial charge on any atom is 0.344 e. The fourth-order valence-electron chi connectivity index (χ4n) is 2.88. The van der Waals surface area contributed by atoms with E-state index < -0.39 is 11.8 Å². The van der Waals surface area contributed by atoms with Gasteiger partial charge in [-0.2, -0.15) is 0 Å². The molecule has 0 spiro atoms. The summed E-state index contributed by atoms with van der Waals surface area (Å²) in [4.78, 5) is 17.5. The van der Waals surface area contributed by atoms with E-state index in [-0.39, 0.29) is 5.75 Å². The van der Waals surface area contributed by atoms with Gasteiger partial charge in [0.25, 0.3) is 0 Å². The van der Waals surface area contributed by atoms with E-state index in [2.05, 4.69) is 4.98 Å². The molecule has 0 fully saturated rings. The number of carbonyl (C=O) groups is 1. The van der Waals surface area contributed by atoms with Gasteiger partial charge in [0.05, 0.1) is 17.3 Å². The zero-order valence-electron chi connectivity index (χ0n) is 13.9. The number of fused-ring (bicyclic) bond motifs is 1. The Balaban J connectivity index is 1.86. The van der Waals surface area contributed by atoms with Gasteiger partial charge in [-0.1, -0.05) is 18.2 Å². The largest absolute Gasteiger partial charge is 0.463 e. The van der Waals surface area contributed by atoms with E-state index in [1.165, 1.54) is 24.3 Å². The molecule has 5 heteroatoms. The average molecular weight is 347 g/mol. The second-order valence-electron chi connectivity index (χ2n) is 5.80. The SMILES string of the molecule is Cc1c(-c2ccco2)nc2ccccc2c1C(=O)Oc1ccc(F)cc1. The summed E-state index contributed by atoms with van der Waals surface area (Å²) < 4.78 is 24.0. The molecule has 128 valence electrons. The molecule has 0 amide bonds. The zero-order valence-corrected chi connectivity index (χ0v) is 13.9. The van der Waals surface area contributed by atoms with Crippen LogP contribution < -0.4 is 4.74 Å². The van der Waals surface area contributed by atoms with E-state index in [9.17, 15) is 9.18 Å². The van der Waals surface area contributed by atoms with Crippen LogP contribution in [0, 0.1) is 12.7 Å². The van der Waals surface area contributed by atoms with Crippen LogP contribution in [-0.4, -0.2) is 11.0 Å². The molecule has 0 bridgehead atoms. The molecular formula is C21H14FNO3. The van der Waals surface area contributed by atoms with Gasteiger partial charge in [-0.05, 0) is 55.0 Å². The Kier molecular flexibility index (Phi) is 3.97. The Bertz CT molecular complexity index is 1090. The van der Waals surface area contributed by atoms with E-state index in [0.717, 1.165) is 0 Å². The third kappa shape index (κ3) is 2.84. The van der Waals surface area contributed by atoms with Gasteiger partial charge in [0, 0.05) is 5.39 Å². The number of hydrogen-bond acceptors (Lipinski definition) is 4. The fourth-order valence-corrected chi connectivity index (χ4v) is 2.88. The van der Waals surface area contributed by atoms with E-state index in [0.29, 0.717) is 33.5 Å². The van der Waals surface area contributed by atoms with Crippen LogP contribution in [-0.2, 0) is 0 Å². The quantitative estimate of drug-likeness (QED) is 0.379. The summed E-state index contributed by atoms with van der Waals surface area (Å²) in [6.07, 6.45) is 1.56. The van der Waals surface area contributed by atoms with E-state index in [1.54, 1.807) is 25.3 Å². The Morgan fingerprint density at radius 3 is 2.54 bits per heavy atom. The van der Waals surface area contributed by atoms with Crippen molar-refractivity contribution in [3.63, 3.8) is 0 Å². The molecule has 0 aliphatic rings. The number of ether oxygens (including phenoxy) is 1. The summed E-state index contributed by atoms with van der Waals surface area (Å²) >= 11 is 0. The molecule has 0 unspecified atom stereocenters. The maximum atomic E-state index is 13.1. The lowest BCUT2D eigenvalue weighted by Gasteiger charge is -2.13. The topological polar surface area (TPSA) is 52.3 Å². The molecule has 4 nitrogen and oxygen atoms in total. The highest BCUT2D eigenvalue weighted by molar-refractivity contribution is 6.07. The van der Waals surface area contributed by atoms with Crippen molar-refractivity contribution in [2.75, 3.05) is 0 Å². The number of pyridine rings is 1. The monoisotopic (exact) mass is 347 g/mol. The zero-order chi connectivity index (χ0) is 18.1. The Hall–Kier alpha value is -3.47. The first-order valence-electron chi connectivity index (χ1n) is 8.04. The van der Waals surface area contributed by atoms with Gasteiger partial charge >= 0.3 is 5.97 Å². The van der Waals surface area contributed by atoms with Gasteiger partial charge in [0.15, 0.2) is 5.76 Å². The molecule has 0 saturated heterocycles. The number of aromatic nitrogens is 1. The number of rotatable bonds is 3. The van der Waals surface area contributed by atoms with Crippen LogP contribution >= 0.6 is 0 Å². The number of hydrogen-bond donors (Lipinski definition) is 0. The Labute approximate surface area is 148 Å². The molecule has 0 aliphatic heterocycles. The number of esters is 1. The van der Waals surface area contributed by atoms with Crippen LogP contribution in [0.4, 0.5) is 4.39 Å². The third-order valence-electron chi connectivity index (χ3n) is 4.12. The van der Waals surface area contributed by atoms with E-state index in [4.69, 9.17) is 9.15 Å². The molecule has 0 atom stereocenters. The molecule has 0 radical (unpaired) electrons. The summed E-state index contributed by atoms with van der Waals surface area (Å²) in [6.45, 7) is 1.80. The smallest absolute Gasteiger partial charge is 0.344 e. The van der Waals surface area contributed by atoms with E-state index >= 15 is 0 Å². The lowest BCUT2D eigenvalue weighted by molar-refractivity contribution is 0.0736. The van der Waals surface area contributed by atoms with Crippen molar-refractivity contribution in [3.8, 4) is 17.2 Å². The molecule has 4 rings (SSSR count). The highest BCUT2D eigenvalue weighted by Gasteiger charge is 2.21. The van der Waals surface area contributed by atoms with Gasteiger partial charge in [-0.3, -0.25) is 0 Å². The number of nitrogens with zero attached hydrogens (tertiary/aromatic N) is 1. The van der Waals surface area contributed by atoms with Gasteiger partial charge < -0.3 is 9.15 Å². The third-order valence-corrected chi connectivity index (χ3v) is 4.12. The summed E-state index contributed by atoms with van der Waals surface area (Å²) in [5.41, 5.74) is 2.31. The van der Waals surface area contributed by atoms with Crippen molar-refractivity contribution in [2.24, 2.45) is 0 Å². The van der Waals surface area contributed by atoms with Crippen LogP contribution in [0.5, 0.6) is 5.75 Å². The van der Waals surface area contributed by atoms with Gasteiger partial charge in [-0.15, -0.1) is 0 Å².